The second-order valence-electron chi connectivity index (χ2n) is 5.30. The van der Waals surface area contributed by atoms with Crippen molar-refractivity contribution in [1.82, 2.24) is 4.72 Å². The van der Waals surface area contributed by atoms with Crippen LogP contribution in [0.1, 0.15) is 24.8 Å². The standard InChI is InChI=1S/C14H19ClFNO3S/c1-10-7-14(12(15)8-13(10)16)21(18,19)17-5-4-11-3-2-6-20-9-11/h7-8,11,17H,2-6,9H2,1H3. The van der Waals surface area contributed by atoms with Crippen LogP contribution in [0.5, 0.6) is 0 Å². The van der Waals surface area contributed by atoms with Gasteiger partial charge in [-0.1, -0.05) is 11.6 Å². The molecule has 4 nitrogen and oxygen atoms in total. The Morgan fingerprint density at radius 3 is 2.90 bits per heavy atom. The van der Waals surface area contributed by atoms with Crippen molar-refractivity contribution in [3.63, 3.8) is 0 Å². The maximum absolute atomic E-state index is 13.3. The zero-order valence-electron chi connectivity index (χ0n) is 11.9. The van der Waals surface area contributed by atoms with Crippen molar-refractivity contribution in [2.45, 2.75) is 31.1 Å². The molecule has 1 N–H and O–H groups in total. The molecule has 0 spiro atoms. The van der Waals surface area contributed by atoms with Crippen LogP contribution in [0.4, 0.5) is 4.39 Å². The van der Waals surface area contributed by atoms with E-state index in [-0.39, 0.29) is 15.5 Å². The van der Waals surface area contributed by atoms with E-state index < -0.39 is 15.8 Å². The normalized spacial score (nSPS) is 19.7. The van der Waals surface area contributed by atoms with Crippen LogP contribution in [-0.2, 0) is 14.8 Å². The van der Waals surface area contributed by atoms with Crippen molar-refractivity contribution in [3.05, 3.63) is 28.5 Å². The summed E-state index contributed by atoms with van der Waals surface area (Å²) in [6.45, 7) is 3.29. The fraction of sp³-hybridized carbons (Fsp3) is 0.571. The lowest BCUT2D eigenvalue weighted by Crippen LogP contribution is -2.28. The number of halogens is 2. The Bertz CT molecular complexity index is 600. The van der Waals surface area contributed by atoms with Crippen molar-refractivity contribution >= 4 is 21.6 Å². The van der Waals surface area contributed by atoms with E-state index in [2.05, 4.69) is 4.72 Å². The third-order valence-electron chi connectivity index (χ3n) is 3.60. The van der Waals surface area contributed by atoms with Gasteiger partial charge in [-0.3, -0.25) is 0 Å². The van der Waals surface area contributed by atoms with Crippen LogP contribution >= 0.6 is 11.6 Å². The first kappa shape index (κ1) is 16.7. The van der Waals surface area contributed by atoms with Gasteiger partial charge in [-0.25, -0.2) is 17.5 Å². The monoisotopic (exact) mass is 335 g/mol. The van der Waals surface area contributed by atoms with Gasteiger partial charge in [0.25, 0.3) is 0 Å². The van der Waals surface area contributed by atoms with Crippen LogP contribution in [0.25, 0.3) is 0 Å². The Morgan fingerprint density at radius 1 is 1.48 bits per heavy atom. The summed E-state index contributed by atoms with van der Waals surface area (Å²) >= 11 is 5.83. The number of rotatable bonds is 5. The molecular formula is C14H19ClFNO3S. The summed E-state index contributed by atoms with van der Waals surface area (Å²) in [7, 11) is -3.72. The van der Waals surface area contributed by atoms with Gasteiger partial charge < -0.3 is 4.74 Å². The van der Waals surface area contributed by atoms with Crippen LogP contribution in [0, 0.1) is 18.7 Å². The van der Waals surface area contributed by atoms with Crippen molar-refractivity contribution < 1.29 is 17.5 Å². The Morgan fingerprint density at radius 2 is 2.24 bits per heavy atom. The van der Waals surface area contributed by atoms with Crippen molar-refractivity contribution in [2.24, 2.45) is 5.92 Å². The fourth-order valence-corrected chi connectivity index (χ4v) is 3.99. The highest BCUT2D eigenvalue weighted by Crippen LogP contribution is 2.25. The number of hydrogen-bond donors (Lipinski definition) is 1. The first-order valence-corrected chi connectivity index (χ1v) is 8.79. The van der Waals surface area contributed by atoms with Crippen LogP contribution in [0.3, 0.4) is 0 Å². The summed E-state index contributed by atoms with van der Waals surface area (Å²) in [5.41, 5.74) is 0.250. The van der Waals surface area contributed by atoms with E-state index >= 15 is 0 Å². The lowest BCUT2D eigenvalue weighted by molar-refractivity contribution is 0.0523. The second-order valence-corrected chi connectivity index (χ2v) is 7.44. The molecule has 1 atom stereocenters. The lowest BCUT2D eigenvalue weighted by atomic mass is 9.99. The number of nitrogens with one attached hydrogen (secondary N) is 1. The molecule has 0 saturated carbocycles. The predicted molar refractivity (Wildman–Crippen MR) is 79.5 cm³/mol. The number of benzene rings is 1. The minimum atomic E-state index is -3.72. The zero-order chi connectivity index (χ0) is 15.5. The van der Waals surface area contributed by atoms with Crippen molar-refractivity contribution in [3.8, 4) is 0 Å². The molecule has 1 fully saturated rings. The van der Waals surface area contributed by atoms with E-state index in [4.69, 9.17) is 16.3 Å². The molecule has 1 aliphatic rings. The van der Waals surface area contributed by atoms with E-state index in [1.165, 1.54) is 13.0 Å². The quantitative estimate of drug-likeness (QED) is 0.900. The molecule has 0 bridgehead atoms. The van der Waals surface area contributed by atoms with E-state index in [1.807, 2.05) is 0 Å². The molecular weight excluding hydrogens is 317 g/mol. The summed E-state index contributed by atoms with van der Waals surface area (Å²) < 4.78 is 45.6. The largest absolute Gasteiger partial charge is 0.381 e. The SMILES string of the molecule is Cc1cc(S(=O)(=O)NCCC2CCCOC2)c(Cl)cc1F. The Labute approximate surface area is 129 Å². The van der Waals surface area contributed by atoms with Gasteiger partial charge in [-0.05, 0) is 49.8 Å². The smallest absolute Gasteiger partial charge is 0.242 e. The summed E-state index contributed by atoms with van der Waals surface area (Å²) in [5, 5.41) is -0.105. The molecule has 0 aromatic heterocycles. The molecule has 1 heterocycles. The number of sulfonamides is 1. The van der Waals surface area contributed by atoms with Gasteiger partial charge in [0.2, 0.25) is 10.0 Å². The Kier molecular flexibility index (Phi) is 5.60. The molecule has 1 aromatic rings. The average Bonchev–Trinajstić information content (AvgIpc) is 2.43. The van der Waals surface area contributed by atoms with Gasteiger partial charge in [0.1, 0.15) is 10.7 Å². The zero-order valence-corrected chi connectivity index (χ0v) is 13.4. The molecule has 0 radical (unpaired) electrons. The molecule has 21 heavy (non-hydrogen) atoms. The molecule has 7 heteroatoms. The number of aryl methyl sites for hydroxylation is 1. The number of ether oxygens (including phenoxy) is 1. The van der Waals surface area contributed by atoms with E-state index in [0.29, 0.717) is 19.1 Å². The molecule has 1 aromatic carbocycles. The van der Waals surface area contributed by atoms with Gasteiger partial charge >= 0.3 is 0 Å². The van der Waals surface area contributed by atoms with Gasteiger partial charge in [0.05, 0.1) is 5.02 Å². The number of hydrogen-bond acceptors (Lipinski definition) is 3. The highest BCUT2D eigenvalue weighted by molar-refractivity contribution is 7.89. The highest BCUT2D eigenvalue weighted by atomic mass is 35.5. The van der Waals surface area contributed by atoms with Crippen molar-refractivity contribution in [1.29, 1.82) is 0 Å². The molecule has 1 saturated heterocycles. The van der Waals surface area contributed by atoms with Gasteiger partial charge in [-0.2, -0.15) is 0 Å². The third kappa shape index (κ3) is 4.39. The Balaban J connectivity index is 1.99. The maximum Gasteiger partial charge on any atom is 0.242 e. The summed E-state index contributed by atoms with van der Waals surface area (Å²) in [6, 6.07) is 2.28. The van der Waals surface area contributed by atoms with E-state index in [0.717, 1.165) is 31.9 Å². The fourth-order valence-electron chi connectivity index (χ4n) is 2.35. The van der Waals surface area contributed by atoms with Crippen LogP contribution in [0.2, 0.25) is 5.02 Å². The third-order valence-corrected chi connectivity index (χ3v) is 5.53. The summed E-state index contributed by atoms with van der Waals surface area (Å²) in [6.07, 6.45) is 2.79. The molecule has 0 aliphatic carbocycles. The van der Waals surface area contributed by atoms with Crippen LogP contribution < -0.4 is 4.72 Å². The average molecular weight is 336 g/mol. The minimum Gasteiger partial charge on any atom is -0.381 e. The van der Waals surface area contributed by atoms with Gasteiger partial charge in [0.15, 0.2) is 0 Å². The van der Waals surface area contributed by atoms with E-state index in [1.54, 1.807) is 0 Å². The Hall–Kier alpha value is -0.690. The lowest BCUT2D eigenvalue weighted by Gasteiger charge is -2.22. The predicted octanol–water partition coefficient (Wildman–Crippen LogP) is 2.88. The van der Waals surface area contributed by atoms with Gasteiger partial charge in [-0.15, -0.1) is 0 Å². The molecule has 1 unspecified atom stereocenters. The molecule has 118 valence electrons. The molecule has 0 amide bonds. The minimum absolute atomic E-state index is 0.0806. The molecule has 1 aliphatic heterocycles. The van der Waals surface area contributed by atoms with Crippen LogP contribution in [-0.4, -0.2) is 28.2 Å². The van der Waals surface area contributed by atoms with E-state index in [9.17, 15) is 12.8 Å². The summed E-state index contributed by atoms with van der Waals surface area (Å²) in [4.78, 5) is -0.0806. The topological polar surface area (TPSA) is 55.4 Å². The molecule has 2 rings (SSSR count). The highest BCUT2D eigenvalue weighted by Gasteiger charge is 2.20. The summed E-state index contributed by atoms with van der Waals surface area (Å²) in [5.74, 6) is -0.134. The van der Waals surface area contributed by atoms with Gasteiger partial charge in [0, 0.05) is 19.8 Å². The second kappa shape index (κ2) is 7.05. The van der Waals surface area contributed by atoms with Crippen LogP contribution in [0.15, 0.2) is 17.0 Å². The first-order valence-electron chi connectivity index (χ1n) is 6.93. The first-order chi connectivity index (χ1) is 9.90. The maximum atomic E-state index is 13.3. The van der Waals surface area contributed by atoms with Crippen molar-refractivity contribution in [2.75, 3.05) is 19.8 Å².